The Balaban J connectivity index is 3.90. The van der Waals surface area contributed by atoms with E-state index in [1.54, 1.807) is 0 Å². The van der Waals surface area contributed by atoms with Crippen LogP contribution in [0.5, 0.6) is 0 Å². The molecule has 0 aliphatic heterocycles. The molecule has 0 saturated heterocycles. The molecule has 0 bridgehead atoms. The van der Waals surface area contributed by atoms with Gasteiger partial charge in [-0.2, -0.15) is 0 Å². The maximum atomic E-state index is 11.5. The van der Waals surface area contributed by atoms with Crippen LogP contribution in [0.3, 0.4) is 0 Å². The van der Waals surface area contributed by atoms with Crippen LogP contribution < -0.4 is 5.32 Å². The number of rotatable bonds is 4. The highest BCUT2D eigenvalue weighted by Gasteiger charge is 2.18. The van der Waals surface area contributed by atoms with Crippen LogP contribution in [-0.4, -0.2) is 17.2 Å². The maximum Gasteiger partial charge on any atom is 0.220 e. The van der Waals surface area contributed by atoms with E-state index >= 15 is 0 Å². The Morgan fingerprint density at radius 1 is 0.938 bits per heavy atom. The third-order valence-electron chi connectivity index (χ3n) is 1.87. The van der Waals surface area contributed by atoms with E-state index in [-0.39, 0.29) is 22.6 Å². The summed E-state index contributed by atoms with van der Waals surface area (Å²) in [6.07, 6.45) is 1.18. The van der Waals surface area contributed by atoms with Crippen LogP contribution in [0.15, 0.2) is 0 Å². The molecule has 0 aromatic heterocycles. The molecule has 0 radical (unpaired) electrons. The van der Waals surface area contributed by atoms with Gasteiger partial charge in [0.15, 0.2) is 0 Å². The van der Waals surface area contributed by atoms with Crippen molar-refractivity contribution in [2.45, 2.75) is 66.3 Å². The number of hydrogen-bond donors (Lipinski definition) is 1. The third kappa shape index (κ3) is 9.69. The van der Waals surface area contributed by atoms with Crippen molar-refractivity contribution >= 4 is 11.7 Å². The summed E-state index contributed by atoms with van der Waals surface area (Å²) in [4.78, 5) is 23.0. The average molecular weight is 227 g/mol. The van der Waals surface area contributed by atoms with Gasteiger partial charge in [0.05, 0.1) is 0 Å². The lowest BCUT2D eigenvalue weighted by Gasteiger charge is -2.21. The van der Waals surface area contributed by atoms with E-state index in [1.165, 1.54) is 0 Å². The van der Waals surface area contributed by atoms with E-state index in [9.17, 15) is 9.59 Å². The average Bonchev–Trinajstić information content (AvgIpc) is 1.94. The smallest absolute Gasteiger partial charge is 0.220 e. The van der Waals surface area contributed by atoms with E-state index in [1.807, 2.05) is 41.5 Å². The summed E-state index contributed by atoms with van der Waals surface area (Å²) in [7, 11) is 0. The lowest BCUT2D eigenvalue weighted by molar-refractivity contribution is -0.127. The first-order valence-electron chi connectivity index (χ1n) is 5.82. The van der Waals surface area contributed by atoms with E-state index in [0.717, 1.165) is 0 Å². The summed E-state index contributed by atoms with van der Waals surface area (Å²) in [5, 5.41) is 2.85. The second kappa shape index (κ2) is 5.46. The molecule has 0 aromatic rings. The van der Waals surface area contributed by atoms with Crippen LogP contribution in [-0.2, 0) is 9.59 Å². The molecule has 0 aliphatic rings. The number of hydrogen-bond acceptors (Lipinski definition) is 2. The highest BCUT2D eigenvalue weighted by Crippen LogP contribution is 2.19. The van der Waals surface area contributed by atoms with Gasteiger partial charge in [-0.3, -0.25) is 9.59 Å². The number of carbonyl (C=O) groups is 2. The fourth-order valence-corrected chi connectivity index (χ4v) is 1.41. The van der Waals surface area contributed by atoms with Gasteiger partial charge in [-0.05, 0) is 26.2 Å². The lowest BCUT2D eigenvalue weighted by Crippen LogP contribution is -2.40. The van der Waals surface area contributed by atoms with Crippen molar-refractivity contribution in [1.29, 1.82) is 0 Å². The first-order chi connectivity index (χ1) is 6.99. The van der Waals surface area contributed by atoms with Crippen molar-refractivity contribution in [3.8, 4) is 0 Å². The summed E-state index contributed by atoms with van der Waals surface area (Å²) >= 11 is 0. The van der Waals surface area contributed by atoms with Crippen molar-refractivity contribution in [3.05, 3.63) is 0 Å². The minimum absolute atomic E-state index is 0.0115. The van der Waals surface area contributed by atoms with Gasteiger partial charge in [0.1, 0.15) is 5.78 Å². The number of nitrogens with one attached hydrogen (secondary N) is 1. The number of carbonyl (C=O) groups excluding carboxylic acids is 2. The first-order valence-corrected chi connectivity index (χ1v) is 5.82. The monoisotopic (exact) mass is 227 g/mol. The molecule has 0 rings (SSSR count). The molecule has 0 aromatic carbocycles. The van der Waals surface area contributed by atoms with Gasteiger partial charge >= 0.3 is 0 Å². The summed E-state index contributed by atoms with van der Waals surface area (Å²) in [6, 6.07) is 0. The van der Waals surface area contributed by atoms with Gasteiger partial charge in [-0.25, -0.2) is 0 Å². The molecule has 0 saturated carbocycles. The fourth-order valence-electron chi connectivity index (χ4n) is 1.41. The molecule has 0 atom stereocenters. The standard InChI is InChI=1S/C13H25NO2/c1-12(2,3)9-10(15)7-8-11(16)14-13(4,5)6/h7-9H2,1-6H3,(H,14,16). The summed E-state index contributed by atoms with van der Waals surface area (Å²) in [5.41, 5.74) is -0.207. The van der Waals surface area contributed by atoms with Crippen LogP contribution in [0.25, 0.3) is 0 Å². The van der Waals surface area contributed by atoms with Gasteiger partial charge in [-0.1, -0.05) is 20.8 Å². The number of amides is 1. The van der Waals surface area contributed by atoms with Crippen molar-refractivity contribution in [2.75, 3.05) is 0 Å². The quantitative estimate of drug-likeness (QED) is 0.802. The highest BCUT2D eigenvalue weighted by molar-refractivity contribution is 5.85. The van der Waals surface area contributed by atoms with Crippen LogP contribution in [0.4, 0.5) is 0 Å². The van der Waals surface area contributed by atoms with Crippen LogP contribution >= 0.6 is 0 Å². The second-order valence-electron chi connectivity index (χ2n) is 6.57. The molecule has 94 valence electrons. The van der Waals surface area contributed by atoms with E-state index in [0.29, 0.717) is 19.3 Å². The van der Waals surface area contributed by atoms with Gasteiger partial charge in [-0.15, -0.1) is 0 Å². The molecule has 0 heterocycles. The highest BCUT2D eigenvalue weighted by atomic mass is 16.2. The second-order valence-corrected chi connectivity index (χ2v) is 6.57. The van der Waals surface area contributed by atoms with Crippen molar-refractivity contribution in [2.24, 2.45) is 5.41 Å². The largest absolute Gasteiger partial charge is 0.351 e. The maximum absolute atomic E-state index is 11.5. The first kappa shape index (κ1) is 15.1. The molecule has 1 amide bonds. The molecule has 3 nitrogen and oxygen atoms in total. The summed E-state index contributed by atoms with van der Waals surface area (Å²) < 4.78 is 0. The van der Waals surface area contributed by atoms with E-state index in [4.69, 9.17) is 0 Å². The van der Waals surface area contributed by atoms with Gasteiger partial charge in [0.2, 0.25) is 5.91 Å². The zero-order valence-electron chi connectivity index (χ0n) is 11.4. The Morgan fingerprint density at radius 2 is 1.44 bits per heavy atom. The number of ketones is 1. The van der Waals surface area contributed by atoms with Gasteiger partial charge in [0, 0.05) is 24.8 Å². The van der Waals surface area contributed by atoms with Crippen molar-refractivity contribution in [3.63, 3.8) is 0 Å². The lowest BCUT2D eigenvalue weighted by atomic mass is 9.89. The molecule has 0 spiro atoms. The van der Waals surface area contributed by atoms with Crippen molar-refractivity contribution in [1.82, 2.24) is 5.32 Å². The van der Waals surface area contributed by atoms with Crippen LogP contribution in [0, 0.1) is 5.41 Å². The Bertz CT molecular complexity index is 228. The van der Waals surface area contributed by atoms with E-state index in [2.05, 4.69) is 5.32 Å². The van der Waals surface area contributed by atoms with E-state index < -0.39 is 0 Å². The molecule has 0 aliphatic carbocycles. The molecular formula is C13H25NO2. The minimum atomic E-state index is -0.218. The molecule has 0 unspecified atom stereocenters. The third-order valence-corrected chi connectivity index (χ3v) is 1.87. The minimum Gasteiger partial charge on any atom is -0.351 e. The topological polar surface area (TPSA) is 46.2 Å². The normalized spacial score (nSPS) is 12.4. The molecule has 16 heavy (non-hydrogen) atoms. The fraction of sp³-hybridized carbons (Fsp3) is 0.846. The van der Waals surface area contributed by atoms with Crippen molar-refractivity contribution < 1.29 is 9.59 Å². The zero-order valence-corrected chi connectivity index (χ0v) is 11.4. The predicted molar refractivity (Wildman–Crippen MR) is 66.2 cm³/mol. The van der Waals surface area contributed by atoms with Crippen LogP contribution in [0.2, 0.25) is 0 Å². The number of Topliss-reactive ketones (excluding diaryl/α,β-unsaturated/α-hetero) is 1. The molecule has 0 fully saturated rings. The van der Waals surface area contributed by atoms with Crippen LogP contribution in [0.1, 0.15) is 60.8 Å². The zero-order chi connectivity index (χ0) is 13.0. The Hall–Kier alpha value is -0.860. The molecular weight excluding hydrogens is 202 g/mol. The molecule has 3 heteroatoms. The summed E-state index contributed by atoms with van der Waals surface area (Å²) in [5.74, 6) is 0.117. The summed E-state index contributed by atoms with van der Waals surface area (Å²) in [6.45, 7) is 11.9. The van der Waals surface area contributed by atoms with Gasteiger partial charge < -0.3 is 5.32 Å². The SMILES string of the molecule is CC(C)(C)CC(=O)CCC(=O)NC(C)(C)C. The Kier molecular flexibility index (Phi) is 5.17. The van der Waals surface area contributed by atoms with Gasteiger partial charge in [0.25, 0.3) is 0 Å². The predicted octanol–water partition coefficient (Wildman–Crippen LogP) is 2.69. The Labute approximate surface area is 99.0 Å². The Morgan fingerprint density at radius 3 is 1.81 bits per heavy atom. The molecule has 1 N–H and O–H groups in total.